The maximum Gasteiger partial charge on any atom is 0.159 e. The van der Waals surface area contributed by atoms with Gasteiger partial charge >= 0.3 is 0 Å². The summed E-state index contributed by atoms with van der Waals surface area (Å²) in [5.74, 6) is 0. The Morgan fingerprint density at radius 3 is 0.906 bits per heavy atom. The molecule has 0 unspecified atom stereocenters. The summed E-state index contributed by atoms with van der Waals surface area (Å²) < 4.78 is 0. The van der Waals surface area contributed by atoms with E-state index in [1.807, 2.05) is 0 Å². The summed E-state index contributed by atoms with van der Waals surface area (Å²) in [6.45, 7) is 18.2. The molecule has 1 heteroatoms. The second-order valence-electron chi connectivity index (χ2n) is 10.2. The molecular weight excluding hydrogens is 400 g/mol. The summed E-state index contributed by atoms with van der Waals surface area (Å²) in [7, 11) is -2.44. The van der Waals surface area contributed by atoms with Gasteiger partial charge in [-0.25, -0.2) is 0 Å². The summed E-state index contributed by atoms with van der Waals surface area (Å²) in [4.78, 5) is 0. The van der Waals surface area contributed by atoms with Gasteiger partial charge in [-0.15, -0.1) is 0 Å². The maximum atomic E-state index is 2.48. The molecule has 0 amide bonds. The molecule has 0 radical (unpaired) electrons. The normalized spacial score (nSPS) is 14.5. The van der Waals surface area contributed by atoms with Crippen LogP contribution in [0.25, 0.3) is 0 Å². The van der Waals surface area contributed by atoms with Crippen molar-refractivity contribution in [2.75, 3.05) is 0 Å². The fraction of sp³-hybridized carbons (Fsp3) is 0.290. The fourth-order valence-electron chi connectivity index (χ4n) is 6.10. The molecule has 164 valence electrons. The third-order valence-corrected chi connectivity index (χ3v) is 12.4. The highest BCUT2D eigenvalue weighted by Gasteiger charge is 2.49. The molecule has 0 atom stereocenters. The third-order valence-electron chi connectivity index (χ3n) is 6.98. The van der Waals surface area contributed by atoms with Crippen LogP contribution in [0.1, 0.15) is 47.2 Å². The smallest absolute Gasteiger partial charge is 0.0679 e. The summed E-state index contributed by atoms with van der Waals surface area (Å²) in [6.07, 6.45) is 4.71. The SMILES string of the molecule is CC1=CC=C(C)C1[Si](c1cc(C)cc(C)c1)(c1cc(C)cc(C)c1)c1cc(C)cc(C)c1. The molecule has 0 saturated heterocycles. The summed E-state index contributed by atoms with van der Waals surface area (Å²) in [5, 5.41) is 4.58. The maximum absolute atomic E-state index is 2.48. The van der Waals surface area contributed by atoms with E-state index in [1.165, 1.54) is 60.1 Å². The second-order valence-corrected chi connectivity index (χ2v) is 14.1. The first-order valence-electron chi connectivity index (χ1n) is 11.7. The lowest BCUT2D eigenvalue weighted by Crippen LogP contribution is -2.70. The number of benzene rings is 3. The van der Waals surface area contributed by atoms with Gasteiger partial charge in [0.25, 0.3) is 0 Å². The van der Waals surface area contributed by atoms with E-state index in [0.29, 0.717) is 5.54 Å². The van der Waals surface area contributed by atoms with Crippen LogP contribution in [-0.2, 0) is 0 Å². The molecule has 0 bridgehead atoms. The van der Waals surface area contributed by atoms with Gasteiger partial charge in [-0.05, 0) is 71.0 Å². The lowest BCUT2D eigenvalue weighted by Gasteiger charge is -2.42. The van der Waals surface area contributed by atoms with E-state index in [0.717, 1.165) is 0 Å². The van der Waals surface area contributed by atoms with Crippen LogP contribution in [0, 0.1) is 41.5 Å². The number of hydrogen-bond donors (Lipinski definition) is 0. The molecule has 0 aliphatic heterocycles. The summed E-state index contributed by atoms with van der Waals surface area (Å²) in [5.41, 5.74) is 11.5. The zero-order valence-corrected chi connectivity index (χ0v) is 21.9. The van der Waals surface area contributed by atoms with E-state index < -0.39 is 8.07 Å². The molecular formula is C31H36Si. The Hall–Kier alpha value is -2.64. The van der Waals surface area contributed by atoms with E-state index in [-0.39, 0.29) is 0 Å². The number of aryl methyl sites for hydroxylation is 6. The van der Waals surface area contributed by atoms with E-state index in [1.54, 1.807) is 0 Å². The Bertz CT molecular complexity index is 1050. The minimum atomic E-state index is -2.44. The molecule has 0 saturated carbocycles. The standard InChI is InChI=1S/C31H36Si/c1-20-11-21(2)15-28(14-20)32(31-26(7)9-10-27(31)8,29-16-22(3)12-23(4)17-29)30-18-24(5)13-25(6)19-30/h9-19,31H,1-8H3. The largest absolute Gasteiger partial charge is 0.159 e. The van der Waals surface area contributed by atoms with Crippen molar-refractivity contribution in [3.63, 3.8) is 0 Å². The van der Waals surface area contributed by atoms with E-state index in [4.69, 9.17) is 0 Å². The molecule has 0 fully saturated rings. The molecule has 3 aromatic carbocycles. The molecule has 0 nitrogen and oxygen atoms in total. The van der Waals surface area contributed by atoms with Gasteiger partial charge in [0.1, 0.15) is 0 Å². The molecule has 0 aromatic heterocycles. The molecule has 0 N–H and O–H groups in total. The van der Waals surface area contributed by atoms with Gasteiger partial charge in [0.15, 0.2) is 8.07 Å². The quantitative estimate of drug-likeness (QED) is 0.333. The van der Waals surface area contributed by atoms with Gasteiger partial charge in [-0.3, -0.25) is 0 Å². The van der Waals surface area contributed by atoms with Crippen LogP contribution in [0.3, 0.4) is 0 Å². The van der Waals surface area contributed by atoms with Crippen LogP contribution in [0.4, 0.5) is 0 Å². The average Bonchev–Trinajstić information content (AvgIpc) is 3.00. The topological polar surface area (TPSA) is 0 Å². The van der Waals surface area contributed by atoms with Crippen molar-refractivity contribution in [1.82, 2.24) is 0 Å². The first-order valence-corrected chi connectivity index (χ1v) is 13.8. The van der Waals surface area contributed by atoms with Crippen molar-refractivity contribution in [2.24, 2.45) is 0 Å². The first kappa shape index (κ1) is 22.5. The zero-order chi connectivity index (χ0) is 23.2. The summed E-state index contributed by atoms with van der Waals surface area (Å²) >= 11 is 0. The first-order chi connectivity index (χ1) is 15.1. The van der Waals surface area contributed by atoms with Gasteiger partial charge in [0.05, 0.1) is 0 Å². The van der Waals surface area contributed by atoms with Crippen LogP contribution in [0.2, 0.25) is 5.54 Å². The number of allylic oxidation sites excluding steroid dienone is 4. The fourth-order valence-corrected chi connectivity index (χ4v) is 12.4. The lowest BCUT2D eigenvalue weighted by atomic mass is 10.1. The van der Waals surface area contributed by atoms with Crippen LogP contribution < -0.4 is 15.6 Å². The van der Waals surface area contributed by atoms with E-state index in [2.05, 4.69) is 122 Å². The van der Waals surface area contributed by atoms with Gasteiger partial charge in [0.2, 0.25) is 0 Å². The number of hydrogen-bond acceptors (Lipinski definition) is 0. The molecule has 32 heavy (non-hydrogen) atoms. The van der Waals surface area contributed by atoms with E-state index in [9.17, 15) is 0 Å². The van der Waals surface area contributed by atoms with Crippen LogP contribution in [0.15, 0.2) is 77.9 Å². The summed E-state index contributed by atoms with van der Waals surface area (Å²) in [6, 6.07) is 21.8. The molecule has 0 heterocycles. The van der Waals surface area contributed by atoms with Crippen molar-refractivity contribution < 1.29 is 0 Å². The highest BCUT2D eigenvalue weighted by molar-refractivity contribution is 7.13. The Morgan fingerprint density at radius 1 is 0.406 bits per heavy atom. The van der Waals surface area contributed by atoms with Crippen molar-refractivity contribution >= 4 is 23.6 Å². The van der Waals surface area contributed by atoms with Crippen LogP contribution >= 0.6 is 0 Å². The average molecular weight is 437 g/mol. The Morgan fingerprint density at radius 2 is 0.656 bits per heavy atom. The molecule has 1 aliphatic carbocycles. The highest BCUT2D eigenvalue weighted by Crippen LogP contribution is 2.40. The van der Waals surface area contributed by atoms with Crippen LogP contribution in [-0.4, -0.2) is 8.07 Å². The number of rotatable bonds is 4. The lowest BCUT2D eigenvalue weighted by molar-refractivity contribution is 1.10. The van der Waals surface area contributed by atoms with Gasteiger partial charge in [-0.2, -0.15) is 0 Å². The second kappa shape index (κ2) is 8.37. The van der Waals surface area contributed by atoms with Gasteiger partial charge < -0.3 is 0 Å². The monoisotopic (exact) mass is 436 g/mol. The predicted molar refractivity (Wildman–Crippen MR) is 144 cm³/mol. The minimum Gasteiger partial charge on any atom is -0.0679 e. The predicted octanol–water partition coefficient (Wildman–Crippen LogP) is 6.28. The molecule has 3 aromatic rings. The molecule has 0 spiro atoms. The van der Waals surface area contributed by atoms with Crippen LogP contribution in [0.5, 0.6) is 0 Å². The van der Waals surface area contributed by atoms with E-state index >= 15 is 0 Å². The third kappa shape index (κ3) is 3.84. The van der Waals surface area contributed by atoms with Crippen molar-refractivity contribution in [3.8, 4) is 0 Å². The Labute approximate surface area is 195 Å². The molecule has 1 aliphatic rings. The van der Waals surface area contributed by atoms with Gasteiger partial charge in [0, 0.05) is 5.54 Å². The Kier molecular flexibility index (Phi) is 5.90. The zero-order valence-electron chi connectivity index (χ0n) is 20.9. The van der Waals surface area contributed by atoms with Crippen molar-refractivity contribution in [1.29, 1.82) is 0 Å². The van der Waals surface area contributed by atoms with Crippen molar-refractivity contribution in [3.05, 3.63) is 111 Å². The van der Waals surface area contributed by atoms with Crippen molar-refractivity contribution in [2.45, 2.75) is 60.9 Å². The van der Waals surface area contributed by atoms with Gasteiger partial charge in [-0.1, -0.05) is 111 Å². The minimum absolute atomic E-state index is 0.422. The molecule has 4 rings (SSSR count). The highest BCUT2D eigenvalue weighted by atomic mass is 28.3. The Balaban J connectivity index is 2.23.